The normalized spacial score (nSPS) is 28.6. The summed E-state index contributed by atoms with van der Waals surface area (Å²) in [6, 6.07) is 5.21. The number of hydrogen-bond acceptors (Lipinski definition) is 3. The van der Waals surface area contributed by atoms with Crippen LogP contribution in [0.2, 0.25) is 0 Å². The van der Waals surface area contributed by atoms with E-state index in [-0.39, 0.29) is 11.5 Å². The Kier molecular flexibility index (Phi) is 4.06. The maximum absolute atomic E-state index is 12.9. The van der Waals surface area contributed by atoms with Crippen molar-refractivity contribution in [2.75, 3.05) is 0 Å². The van der Waals surface area contributed by atoms with Crippen LogP contribution in [0.3, 0.4) is 0 Å². The molecule has 0 N–H and O–H groups in total. The highest BCUT2D eigenvalue weighted by Gasteiger charge is 2.44. The molecule has 4 rings (SSSR count). The first-order chi connectivity index (χ1) is 11.9. The van der Waals surface area contributed by atoms with Gasteiger partial charge in [-0.3, -0.25) is 4.90 Å². The van der Waals surface area contributed by atoms with Crippen LogP contribution >= 0.6 is 0 Å². The number of rotatable bonds is 3. The average Bonchev–Trinajstić information content (AvgIpc) is 3.11. The van der Waals surface area contributed by atoms with E-state index in [1.54, 1.807) is 0 Å². The maximum Gasteiger partial charge on any atom is 0.416 e. The summed E-state index contributed by atoms with van der Waals surface area (Å²) in [5, 5.41) is 0. The van der Waals surface area contributed by atoms with Crippen LogP contribution in [-0.4, -0.2) is 28.0 Å². The largest absolute Gasteiger partial charge is 0.440 e. The average molecular weight is 352 g/mol. The lowest BCUT2D eigenvalue weighted by atomic mass is 9.89. The molecule has 0 radical (unpaired) electrons. The first kappa shape index (κ1) is 16.9. The van der Waals surface area contributed by atoms with Crippen LogP contribution in [0, 0.1) is 0 Å². The quantitative estimate of drug-likeness (QED) is 0.745. The Morgan fingerprint density at radius 2 is 1.92 bits per heavy atom. The molecule has 136 valence electrons. The van der Waals surface area contributed by atoms with E-state index >= 15 is 0 Å². The van der Waals surface area contributed by atoms with E-state index in [0.29, 0.717) is 29.5 Å². The van der Waals surface area contributed by atoms with Gasteiger partial charge in [0.05, 0.1) is 5.56 Å². The molecule has 2 aromatic rings. The third kappa shape index (κ3) is 2.94. The van der Waals surface area contributed by atoms with E-state index in [0.717, 1.165) is 31.4 Å². The third-order valence-electron chi connectivity index (χ3n) is 5.97. The second kappa shape index (κ2) is 6.01. The van der Waals surface area contributed by atoms with Crippen molar-refractivity contribution in [1.82, 2.24) is 9.88 Å². The summed E-state index contributed by atoms with van der Waals surface area (Å²) < 4.78 is 44.4. The number of halogens is 3. The molecule has 2 aliphatic heterocycles. The van der Waals surface area contributed by atoms with Gasteiger partial charge in [0, 0.05) is 24.0 Å². The number of fused-ring (bicyclic) bond motifs is 3. The van der Waals surface area contributed by atoms with Crippen molar-refractivity contribution in [2.45, 2.75) is 76.2 Å². The fraction of sp³-hybridized carbons (Fsp3) is 0.632. The molecule has 0 aliphatic carbocycles. The van der Waals surface area contributed by atoms with Crippen LogP contribution in [0.5, 0.6) is 0 Å². The Hall–Kier alpha value is -1.56. The maximum atomic E-state index is 12.9. The van der Waals surface area contributed by atoms with Crippen LogP contribution in [0.15, 0.2) is 22.6 Å². The molecule has 25 heavy (non-hydrogen) atoms. The van der Waals surface area contributed by atoms with E-state index in [1.807, 2.05) is 0 Å². The molecule has 1 aromatic carbocycles. The fourth-order valence-corrected chi connectivity index (χ4v) is 4.64. The third-order valence-corrected chi connectivity index (χ3v) is 5.97. The Morgan fingerprint density at radius 1 is 1.24 bits per heavy atom. The first-order valence-electron chi connectivity index (χ1n) is 9.12. The van der Waals surface area contributed by atoms with Crippen LogP contribution in [0.1, 0.15) is 63.3 Å². The minimum Gasteiger partial charge on any atom is -0.440 e. The zero-order valence-electron chi connectivity index (χ0n) is 14.5. The van der Waals surface area contributed by atoms with Crippen molar-refractivity contribution >= 4 is 11.1 Å². The minimum atomic E-state index is -4.36. The summed E-state index contributed by atoms with van der Waals surface area (Å²) in [6.45, 7) is 4.50. The van der Waals surface area contributed by atoms with Crippen LogP contribution in [-0.2, 0) is 6.18 Å². The minimum absolute atomic E-state index is 0.208. The van der Waals surface area contributed by atoms with Gasteiger partial charge in [0.15, 0.2) is 11.5 Å². The van der Waals surface area contributed by atoms with Gasteiger partial charge < -0.3 is 4.42 Å². The van der Waals surface area contributed by atoms with Gasteiger partial charge in [-0.25, -0.2) is 4.98 Å². The van der Waals surface area contributed by atoms with E-state index in [2.05, 4.69) is 23.7 Å². The molecule has 2 fully saturated rings. The predicted molar refractivity (Wildman–Crippen MR) is 89.4 cm³/mol. The Bertz CT molecular complexity index is 756. The molecule has 3 heterocycles. The number of hydrogen-bond donors (Lipinski definition) is 0. The molecule has 3 nitrogen and oxygen atoms in total. The van der Waals surface area contributed by atoms with Crippen molar-refractivity contribution < 1.29 is 17.6 Å². The SMILES string of the molecule is CCC(C)N1C2CCC1CC(c1nc3ccc(C(F)(F)F)cc3o1)C2. The second-order valence-electron chi connectivity index (χ2n) is 7.49. The van der Waals surface area contributed by atoms with Crippen molar-refractivity contribution in [3.8, 4) is 0 Å². The number of aromatic nitrogens is 1. The fourth-order valence-electron chi connectivity index (χ4n) is 4.64. The molecule has 0 saturated carbocycles. The van der Waals surface area contributed by atoms with E-state index in [1.165, 1.54) is 18.9 Å². The molecular weight excluding hydrogens is 329 g/mol. The van der Waals surface area contributed by atoms with Gasteiger partial charge in [-0.15, -0.1) is 0 Å². The van der Waals surface area contributed by atoms with E-state index in [9.17, 15) is 13.2 Å². The summed E-state index contributed by atoms with van der Waals surface area (Å²) in [5.74, 6) is 0.814. The standard InChI is InChI=1S/C19H23F3N2O/c1-3-11(2)24-14-5-6-15(24)9-12(8-14)18-23-16-7-4-13(19(20,21)22)10-17(16)25-18/h4,7,10-12,14-15H,3,5-6,8-9H2,1-2H3. The lowest BCUT2D eigenvalue weighted by molar-refractivity contribution is -0.137. The Morgan fingerprint density at radius 3 is 2.52 bits per heavy atom. The zero-order valence-corrected chi connectivity index (χ0v) is 14.5. The topological polar surface area (TPSA) is 29.3 Å². The van der Waals surface area contributed by atoms with Gasteiger partial charge in [0.25, 0.3) is 0 Å². The lowest BCUT2D eigenvalue weighted by Gasteiger charge is -2.41. The number of piperidine rings is 1. The molecule has 0 amide bonds. The van der Waals surface area contributed by atoms with Gasteiger partial charge in [0.2, 0.25) is 0 Å². The predicted octanol–water partition coefficient (Wildman–Crippen LogP) is 5.36. The number of benzene rings is 1. The molecule has 2 aliphatic rings. The van der Waals surface area contributed by atoms with Crippen molar-refractivity contribution in [3.63, 3.8) is 0 Å². The van der Waals surface area contributed by atoms with Gasteiger partial charge in [-0.05, 0) is 57.2 Å². The molecule has 3 unspecified atom stereocenters. The summed E-state index contributed by atoms with van der Waals surface area (Å²) in [5.41, 5.74) is 0.0654. The van der Waals surface area contributed by atoms with Crippen molar-refractivity contribution in [3.05, 3.63) is 29.7 Å². The Balaban J connectivity index is 1.59. The first-order valence-corrected chi connectivity index (χ1v) is 9.12. The number of nitrogens with zero attached hydrogens (tertiary/aromatic N) is 2. The molecular formula is C19H23F3N2O. The monoisotopic (exact) mass is 352 g/mol. The molecule has 3 atom stereocenters. The van der Waals surface area contributed by atoms with Gasteiger partial charge in [-0.2, -0.15) is 13.2 Å². The zero-order chi connectivity index (χ0) is 17.8. The van der Waals surface area contributed by atoms with Crippen molar-refractivity contribution in [2.24, 2.45) is 0 Å². The number of oxazole rings is 1. The smallest absolute Gasteiger partial charge is 0.416 e. The summed E-state index contributed by atoms with van der Waals surface area (Å²) in [4.78, 5) is 7.13. The molecule has 6 heteroatoms. The lowest BCUT2D eigenvalue weighted by Crippen LogP contribution is -2.47. The van der Waals surface area contributed by atoms with E-state index < -0.39 is 11.7 Å². The van der Waals surface area contributed by atoms with Gasteiger partial charge in [-0.1, -0.05) is 6.92 Å². The highest BCUT2D eigenvalue weighted by molar-refractivity contribution is 5.73. The molecule has 0 spiro atoms. The van der Waals surface area contributed by atoms with Crippen LogP contribution < -0.4 is 0 Å². The summed E-state index contributed by atoms with van der Waals surface area (Å²) in [6.07, 6.45) is 1.15. The summed E-state index contributed by atoms with van der Waals surface area (Å²) >= 11 is 0. The highest BCUT2D eigenvalue weighted by Crippen LogP contribution is 2.44. The van der Waals surface area contributed by atoms with Gasteiger partial charge in [0.1, 0.15) is 5.52 Å². The molecule has 2 bridgehead atoms. The molecule has 2 saturated heterocycles. The van der Waals surface area contributed by atoms with Crippen LogP contribution in [0.25, 0.3) is 11.1 Å². The van der Waals surface area contributed by atoms with Crippen molar-refractivity contribution in [1.29, 1.82) is 0 Å². The Labute approximate surface area is 145 Å². The molecule has 1 aromatic heterocycles. The van der Waals surface area contributed by atoms with Crippen LogP contribution in [0.4, 0.5) is 13.2 Å². The number of alkyl halides is 3. The second-order valence-corrected chi connectivity index (χ2v) is 7.49. The van der Waals surface area contributed by atoms with E-state index in [4.69, 9.17) is 4.42 Å². The van der Waals surface area contributed by atoms with Gasteiger partial charge >= 0.3 is 6.18 Å². The summed E-state index contributed by atoms with van der Waals surface area (Å²) in [7, 11) is 0. The highest BCUT2D eigenvalue weighted by atomic mass is 19.4.